The molecule has 0 saturated carbocycles. The van der Waals surface area contributed by atoms with Crippen LogP contribution in [0.1, 0.15) is 79.0 Å². The summed E-state index contributed by atoms with van der Waals surface area (Å²) < 4.78 is 5.02. The van der Waals surface area contributed by atoms with Gasteiger partial charge in [-0.25, -0.2) is 0 Å². The highest BCUT2D eigenvalue weighted by molar-refractivity contribution is 7.00. The van der Waals surface area contributed by atoms with Crippen LogP contribution in [0.4, 0.5) is 34.1 Å². The molecule has 2 aliphatic rings. The van der Waals surface area contributed by atoms with Crippen molar-refractivity contribution in [3.63, 3.8) is 0 Å². The SMILES string of the molecule is CC(C)(C)Cc1cc(-c2ccccc2)c(N2c3cc(-n4c5ccccc5c5ccccc54)ccc3B3c4ccc(-n5c6ccccc6c6ccccc65)cc4N(c4c(-c5ccccc5)cc(CC(C)(C)C)cc4-c4ccccc4)c4cc(CC(C)(C)C)cc2c43)c(-c2ccccc2)c1. The van der Waals surface area contributed by atoms with E-state index in [9.17, 15) is 0 Å². The predicted molar refractivity (Wildman–Crippen MR) is 420 cm³/mol. The summed E-state index contributed by atoms with van der Waals surface area (Å²) in [5.41, 5.74) is 31.1. The van der Waals surface area contributed by atoms with Gasteiger partial charge in [-0.1, -0.05) is 269 Å². The topological polar surface area (TPSA) is 16.3 Å². The quantitative estimate of drug-likeness (QED) is 0.120. The van der Waals surface area contributed by atoms with E-state index in [1.54, 1.807) is 0 Å². The summed E-state index contributed by atoms with van der Waals surface area (Å²) in [4.78, 5) is 5.50. The van der Waals surface area contributed by atoms with Gasteiger partial charge in [0.15, 0.2) is 0 Å². The van der Waals surface area contributed by atoms with Gasteiger partial charge >= 0.3 is 0 Å². The van der Waals surface area contributed by atoms with Gasteiger partial charge < -0.3 is 18.9 Å². The Morgan fingerprint density at radius 2 is 0.531 bits per heavy atom. The Balaban J connectivity index is 1.06. The average Bonchev–Trinajstić information content (AvgIpc) is 1.17. The van der Waals surface area contributed by atoms with Crippen molar-refractivity contribution in [2.45, 2.75) is 81.6 Å². The number of nitrogens with zero attached hydrogens (tertiary/aromatic N) is 4. The molecule has 15 aromatic rings. The summed E-state index contributed by atoms with van der Waals surface area (Å²) >= 11 is 0. The van der Waals surface area contributed by atoms with Crippen LogP contribution < -0.4 is 26.2 Å². The van der Waals surface area contributed by atoms with E-state index in [0.29, 0.717) is 0 Å². The lowest BCUT2D eigenvalue weighted by atomic mass is 9.33. The maximum absolute atomic E-state index is 2.75. The Kier molecular flexibility index (Phi) is 14.5. The highest BCUT2D eigenvalue weighted by Crippen LogP contribution is 2.55. The molecule has 2 aliphatic heterocycles. The summed E-state index contributed by atoms with van der Waals surface area (Å²) in [6, 6.07) is 111. The van der Waals surface area contributed by atoms with E-state index in [0.717, 1.165) is 53.4 Å². The number of rotatable bonds is 11. The summed E-state index contributed by atoms with van der Waals surface area (Å²) in [7, 11) is 0. The lowest BCUT2D eigenvalue weighted by molar-refractivity contribution is 0.411. The normalized spacial score (nSPS) is 13.0. The molecular formula is C93H81BN4. The molecule has 0 N–H and O–H groups in total. The van der Waals surface area contributed by atoms with Gasteiger partial charge in [0.2, 0.25) is 0 Å². The Hall–Kier alpha value is -10.9. The van der Waals surface area contributed by atoms with E-state index in [1.807, 2.05) is 0 Å². The highest BCUT2D eigenvalue weighted by atomic mass is 15.2. The maximum Gasteiger partial charge on any atom is 0.252 e. The standard InChI is InChI=1S/C93H81BN4/c1-91(2,3)58-61-50-74(64-30-14-10-15-31-64)89(75(51-61)65-32-16-11-17-33-65)97-84-56-68(95-80-42-26-22-38-70(80)71-39-23-27-43-81(71)95)46-48-78(84)94-79-49-47-69(96-82-44-28-24-40-72(82)73-41-25-29-45-83(73)96)57-85(79)98(87-55-63(60-93(7,8)9)54-86(97)88(87)94)90-76(66-34-18-12-19-35-66)52-62(59-92(4,5)6)53-77(90)67-36-20-13-21-37-67/h10-57H,58-60H2,1-9H3. The fourth-order valence-corrected chi connectivity index (χ4v) is 16.5. The number of para-hydroxylation sites is 4. The lowest BCUT2D eigenvalue weighted by Gasteiger charge is -2.46. The molecule has 5 heteroatoms. The van der Waals surface area contributed by atoms with Crippen LogP contribution >= 0.6 is 0 Å². The number of hydrogen-bond donors (Lipinski definition) is 0. The van der Waals surface area contributed by atoms with E-state index in [2.05, 4.69) is 372 Å². The first-order valence-corrected chi connectivity index (χ1v) is 35.1. The van der Waals surface area contributed by atoms with Gasteiger partial charge in [0.05, 0.1) is 33.4 Å². The van der Waals surface area contributed by atoms with Crippen molar-refractivity contribution in [2.24, 2.45) is 16.2 Å². The minimum absolute atomic E-state index is 0.0202. The zero-order valence-electron chi connectivity index (χ0n) is 57.7. The van der Waals surface area contributed by atoms with Crippen molar-refractivity contribution in [1.82, 2.24) is 9.13 Å². The van der Waals surface area contributed by atoms with Crippen LogP contribution in [0.25, 0.3) is 99.5 Å². The highest BCUT2D eigenvalue weighted by Gasteiger charge is 2.46. The second-order valence-corrected chi connectivity index (χ2v) is 31.1. The number of fused-ring (bicyclic) bond motifs is 10. The van der Waals surface area contributed by atoms with Gasteiger partial charge in [0.1, 0.15) is 0 Å². The van der Waals surface area contributed by atoms with Crippen molar-refractivity contribution in [2.75, 3.05) is 9.80 Å². The largest absolute Gasteiger partial charge is 0.310 e. The van der Waals surface area contributed by atoms with E-state index in [1.165, 1.54) is 133 Å². The first-order chi connectivity index (χ1) is 47.5. The fraction of sp³-hybridized carbons (Fsp3) is 0.161. The molecule has 0 amide bonds. The number of hydrogen-bond acceptors (Lipinski definition) is 2. The molecule has 0 atom stereocenters. The molecule has 17 rings (SSSR count). The van der Waals surface area contributed by atoms with Gasteiger partial charge in [-0.2, -0.15) is 0 Å². The molecule has 0 saturated heterocycles. The van der Waals surface area contributed by atoms with E-state index >= 15 is 0 Å². The third kappa shape index (κ3) is 10.6. The summed E-state index contributed by atoms with van der Waals surface area (Å²) in [6.45, 7) is 21.2. The molecule has 476 valence electrons. The molecule has 0 spiro atoms. The van der Waals surface area contributed by atoms with E-state index < -0.39 is 0 Å². The molecule has 98 heavy (non-hydrogen) atoms. The Labute approximate surface area is 577 Å². The van der Waals surface area contributed by atoms with Crippen molar-refractivity contribution >= 4 is 101 Å². The van der Waals surface area contributed by atoms with Crippen molar-refractivity contribution in [3.05, 3.63) is 308 Å². The Morgan fingerprint density at radius 3 is 0.816 bits per heavy atom. The molecule has 0 bridgehead atoms. The summed E-state index contributed by atoms with van der Waals surface area (Å²) in [5, 5.41) is 4.96. The zero-order chi connectivity index (χ0) is 66.8. The van der Waals surface area contributed by atoms with Crippen LogP contribution in [-0.4, -0.2) is 15.8 Å². The minimum atomic E-state index is -0.207. The lowest BCUT2D eigenvalue weighted by Crippen LogP contribution is -2.61. The van der Waals surface area contributed by atoms with Crippen molar-refractivity contribution in [3.8, 4) is 55.9 Å². The Bertz CT molecular complexity index is 5040. The van der Waals surface area contributed by atoms with Gasteiger partial charge in [0.25, 0.3) is 6.71 Å². The van der Waals surface area contributed by atoms with Crippen LogP contribution in [0.3, 0.4) is 0 Å². The Morgan fingerprint density at radius 1 is 0.265 bits per heavy atom. The molecular weight excluding hydrogens is 1180 g/mol. The second-order valence-electron chi connectivity index (χ2n) is 31.1. The maximum atomic E-state index is 2.75. The monoisotopic (exact) mass is 1260 g/mol. The molecule has 4 heterocycles. The van der Waals surface area contributed by atoms with Crippen LogP contribution in [0, 0.1) is 16.2 Å². The first kappa shape index (κ1) is 60.8. The molecule has 0 fully saturated rings. The van der Waals surface area contributed by atoms with Gasteiger partial charge in [-0.3, -0.25) is 0 Å². The molecule has 0 radical (unpaired) electrons. The van der Waals surface area contributed by atoms with Gasteiger partial charge in [0, 0.05) is 77.9 Å². The van der Waals surface area contributed by atoms with Gasteiger partial charge in [-0.15, -0.1) is 0 Å². The summed E-state index contributed by atoms with van der Waals surface area (Å²) in [6.07, 6.45) is 2.65. The predicted octanol–water partition coefficient (Wildman–Crippen LogP) is 23.4. The van der Waals surface area contributed by atoms with Crippen LogP contribution in [-0.2, 0) is 19.3 Å². The molecule has 13 aromatic carbocycles. The third-order valence-corrected chi connectivity index (χ3v) is 20.1. The number of benzene rings is 13. The molecule has 2 aromatic heterocycles. The zero-order valence-corrected chi connectivity index (χ0v) is 57.7. The van der Waals surface area contributed by atoms with Crippen LogP contribution in [0.15, 0.2) is 291 Å². The third-order valence-electron chi connectivity index (χ3n) is 20.1. The van der Waals surface area contributed by atoms with E-state index in [4.69, 9.17) is 0 Å². The average molecular weight is 1270 g/mol. The number of aromatic nitrogens is 2. The fourth-order valence-electron chi connectivity index (χ4n) is 16.5. The second kappa shape index (κ2) is 23.5. The minimum Gasteiger partial charge on any atom is -0.310 e. The van der Waals surface area contributed by atoms with Gasteiger partial charge in [-0.05, 0) is 176 Å². The smallest absolute Gasteiger partial charge is 0.252 e. The number of anilines is 6. The van der Waals surface area contributed by atoms with Crippen LogP contribution in [0.5, 0.6) is 0 Å². The van der Waals surface area contributed by atoms with Crippen molar-refractivity contribution in [1.29, 1.82) is 0 Å². The van der Waals surface area contributed by atoms with Crippen molar-refractivity contribution < 1.29 is 0 Å². The van der Waals surface area contributed by atoms with E-state index in [-0.39, 0.29) is 23.0 Å². The first-order valence-electron chi connectivity index (χ1n) is 35.1. The molecule has 0 aliphatic carbocycles. The molecule has 0 unspecified atom stereocenters. The van der Waals surface area contributed by atoms with Crippen LogP contribution in [0.2, 0.25) is 0 Å². The molecule has 4 nitrogen and oxygen atoms in total. The summed E-state index contributed by atoms with van der Waals surface area (Å²) in [5.74, 6) is 0.